The zero-order valence-electron chi connectivity index (χ0n) is 9.82. The molecule has 1 N–H and O–H groups in total. The van der Waals surface area contributed by atoms with Crippen LogP contribution in [0.2, 0.25) is 0 Å². The number of aliphatic hydroxyl groups excluding tert-OH is 1. The molecule has 4 atom stereocenters. The van der Waals surface area contributed by atoms with Gasteiger partial charge in [-0.15, -0.1) is 0 Å². The molecule has 2 fully saturated rings. The lowest BCUT2D eigenvalue weighted by Crippen LogP contribution is -2.32. The first kappa shape index (κ1) is 11.4. The summed E-state index contributed by atoms with van der Waals surface area (Å²) in [6.07, 6.45) is 9.98. The first-order chi connectivity index (χ1) is 7.24. The zero-order valence-corrected chi connectivity index (χ0v) is 9.82. The highest BCUT2D eigenvalue weighted by Crippen LogP contribution is 2.29. The van der Waals surface area contributed by atoms with E-state index in [0.29, 0.717) is 12.2 Å². The Kier molecular flexibility index (Phi) is 4.04. The van der Waals surface area contributed by atoms with Gasteiger partial charge in [0, 0.05) is 0 Å². The summed E-state index contributed by atoms with van der Waals surface area (Å²) in [5.41, 5.74) is 0. The lowest BCUT2D eigenvalue weighted by atomic mass is 9.88. The number of hydrogen-bond acceptors (Lipinski definition) is 2. The minimum Gasteiger partial charge on any atom is -0.393 e. The summed E-state index contributed by atoms with van der Waals surface area (Å²) in [4.78, 5) is 0. The van der Waals surface area contributed by atoms with Crippen molar-refractivity contribution in [1.82, 2.24) is 0 Å². The van der Waals surface area contributed by atoms with E-state index in [-0.39, 0.29) is 6.10 Å². The van der Waals surface area contributed by atoms with Crippen LogP contribution in [0, 0.1) is 5.92 Å². The van der Waals surface area contributed by atoms with Crippen LogP contribution in [0.1, 0.15) is 58.3 Å². The van der Waals surface area contributed by atoms with Crippen molar-refractivity contribution in [3.63, 3.8) is 0 Å². The van der Waals surface area contributed by atoms with E-state index < -0.39 is 0 Å². The summed E-state index contributed by atoms with van der Waals surface area (Å²) < 4.78 is 6.11. The van der Waals surface area contributed by atoms with Crippen LogP contribution >= 0.6 is 0 Å². The Morgan fingerprint density at radius 2 is 1.60 bits per heavy atom. The zero-order chi connectivity index (χ0) is 10.7. The van der Waals surface area contributed by atoms with E-state index in [4.69, 9.17) is 4.74 Å². The first-order valence-corrected chi connectivity index (χ1v) is 6.57. The maximum atomic E-state index is 9.58. The Bertz CT molecular complexity index is 173. The van der Waals surface area contributed by atoms with Crippen LogP contribution in [0.15, 0.2) is 0 Å². The average Bonchev–Trinajstić information content (AvgIpc) is 2.17. The summed E-state index contributed by atoms with van der Waals surface area (Å²) in [5.74, 6) is 0.831. The maximum absolute atomic E-state index is 9.58. The van der Waals surface area contributed by atoms with Crippen molar-refractivity contribution in [3.8, 4) is 0 Å². The quantitative estimate of drug-likeness (QED) is 0.762. The van der Waals surface area contributed by atoms with Crippen molar-refractivity contribution in [2.24, 2.45) is 5.92 Å². The molecule has 0 saturated heterocycles. The van der Waals surface area contributed by atoms with Gasteiger partial charge in [0.1, 0.15) is 0 Å². The molecule has 2 aliphatic rings. The van der Waals surface area contributed by atoms with Gasteiger partial charge in [-0.2, -0.15) is 0 Å². The fraction of sp³-hybridized carbons (Fsp3) is 1.00. The highest BCUT2D eigenvalue weighted by molar-refractivity contribution is 4.76. The molecule has 0 heterocycles. The van der Waals surface area contributed by atoms with Crippen molar-refractivity contribution in [2.75, 3.05) is 0 Å². The number of aliphatic hydroxyl groups is 1. The number of ether oxygens (including phenoxy) is 1. The molecule has 4 unspecified atom stereocenters. The molecule has 0 aromatic rings. The summed E-state index contributed by atoms with van der Waals surface area (Å²) in [7, 11) is 0. The maximum Gasteiger partial charge on any atom is 0.0603 e. The van der Waals surface area contributed by atoms with Crippen LogP contribution in [0.4, 0.5) is 0 Å². The van der Waals surface area contributed by atoms with Crippen LogP contribution in [0.5, 0.6) is 0 Å². The fourth-order valence-electron chi connectivity index (χ4n) is 3.02. The van der Waals surface area contributed by atoms with Gasteiger partial charge in [0.2, 0.25) is 0 Å². The van der Waals surface area contributed by atoms with Crippen molar-refractivity contribution < 1.29 is 9.84 Å². The first-order valence-electron chi connectivity index (χ1n) is 6.57. The van der Waals surface area contributed by atoms with Gasteiger partial charge in [-0.05, 0) is 44.4 Å². The van der Waals surface area contributed by atoms with Crippen LogP contribution in [0.25, 0.3) is 0 Å². The standard InChI is InChI=1S/C13H24O2/c1-10-4-2-6-12(8-10)15-13-7-3-5-11(14)9-13/h10-14H,2-9H2,1H3. The third-order valence-corrected chi connectivity index (χ3v) is 3.87. The Morgan fingerprint density at radius 3 is 2.27 bits per heavy atom. The SMILES string of the molecule is CC1CCCC(OC2CCCC(O)C2)C1. The van der Waals surface area contributed by atoms with Crippen molar-refractivity contribution in [3.05, 3.63) is 0 Å². The highest BCUT2D eigenvalue weighted by Gasteiger charge is 2.26. The lowest BCUT2D eigenvalue weighted by Gasteiger charge is -2.33. The molecule has 2 saturated carbocycles. The van der Waals surface area contributed by atoms with E-state index in [9.17, 15) is 5.11 Å². The molecule has 2 nitrogen and oxygen atoms in total. The Hall–Kier alpha value is -0.0800. The van der Waals surface area contributed by atoms with Gasteiger partial charge < -0.3 is 9.84 Å². The normalized spacial score (nSPS) is 42.8. The molecule has 0 aliphatic heterocycles. The van der Waals surface area contributed by atoms with Crippen molar-refractivity contribution in [2.45, 2.75) is 76.6 Å². The average molecular weight is 212 g/mol. The molecule has 0 aromatic heterocycles. The van der Waals surface area contributed by atoms with Crippen LogP contribution in [0.3, 0.4) is 0 Å². The van der Waals surface area contributed by atoms with E-state index in [1.807, 2.05) is 0 Å². The third-order valence-electron chi connectivity index (χ3n) is 3.87. The summed E-state index contributed by atoms with van der Waals surface area (Å²) in [6.45, 7) is 2.32. The molecule has 0 aromatic carbocycles. The van der Waals surface area contributed by atoms with Gasteiger partial charge in [0.05, 0.1) is 18.3 Å². The fourth-order valence-corrected chi connectivity index (χ4v) is 3.02. The van der Waals surface area contributed by atoms with Gasteiger partial charge in [-0.1, -0.05) is 19.8 Å². The van der Waals surface area contributed by atoms with Crippen molar-refractivity contribution >= 4 is 0 Å². The highest BCUT2D eigenvalue weighted by atomic mass is 16.5. The van der Waals surface area contributed by atoms with E-state index in [0.717, 1.165) is 31.6 Å². The molecule has 2 aliphatic carbocycles. The molecule has 88 valence electrons. The summed E-state index contributed by atoms with van der Waals surface area (Å²) >= 11 is 0. The molecule has 2 heteroatoms. The van der Waals surface area contributed by atoms with E-state index in [1.54, 1.807) is 0 Å². The predicted molar refractivity (Wildman–Crippen MR) is 60.8 cm³/mol. The molecular formula is C13H24O2. The van der Waals surface area contributed by atoms with Crippen LogP contribution in [-0.4, -0.2) is 23.4 Å². The molecule has 0 amide bonds. The largest absolute Gasteiger partial charge is 0.393 e. The third kappa shape index (κ3) is 3.46. The number of hydrogen-bond donors (Lipinski definition) is 1. The van der Waals surface area contributed by atoms with Gasteiger partial charge in [-0.25, -0.2) is 0 Å². The topological polar surface area (TPSA) is 29.5 Å². The Balaban J connectivity index is 1.75. The van der Waals surface area contributed by atoms with Crippen molar-refractivity contribution in [1.29, 1.82) is 0 Å². The van der Waals surface area contributed by atoms with Gasteiger partial charge in [0.15, 0.2) is 0 Å². The second-order valence-electron chi connectivity index (χ2n) is 5.47. The van der Waals surface area contributed by atoms with Gasteiger partial charge in [0.25, 0.3) is 0 Å². The monoisotopic (exact) mass is 212 g/mol. The smallest absolute Gasteiger partial charge is 0.0603 e. The van der Waals surface area contributed by atoms with E-state index in [2.05, 4.69) is 6.92 Å². The Labute approximate surface area is 93.0 Å². The van der Waals surface area contributed by atoms with Gasteiger partial charge in [-0.3, -0.25) is 0 Å². The minimum absolute atomic E-state index is 0.107. The predicted octanol–water partition coefficient (Wildman–Crippen LogP) is 2.89. The van der Waals surface area contributed by atoms with Gasteiger partial charge >= 0.3 is 0 Å². The lowest BCUT2D eigenvalue weighted by molar-refractivity contribution is -0.0736. The summed E-state index contributed by atoms with van der Waals surface area (Å²) in [5, 5.41) is 9.58. The second kappa shape index (κ2) is 5.31. The molecular weight excluding hydrogens is 188 g/mol. The molecule has 0 spiro atoms. The van der Waals surface area contributed by atoms with Crippen LogP contribution in [-0.2, 0) is 4.74 Å². The molecule has 15 heavy (non-hydrogen) atoms. The summed E-state index contributed by atoms with van der Waals surface area (Å²) in [6, 6.07) is 0. The molecule has 2 rings (SSSR count). The number of rotatable bonds is 2. The molecule has 0 radical (unpaired) electrons. The van der Waals surface area contributed by atoms with E-state index in [1.165, 1.54) is 25.7 Å². The molecule has 0 bridgehead atoms. The van der Waals surface area contributed by atoms with Crippen LogP contribution < -0.4 is 0 Å². The Morgan fingerprint density at radius 1 is 0.933 bits per heavy atom. The minimum atomic E-state index is -0.107. The van der Waals surface area contributed by atoms with E-state index >= 15 is 0 Å². The second-order valence-corrected chi connectivity index (χ2v) is 5.47.